The van der Waals surface area contributed by atoms with Gasteiger partial charge in [0.15, 0.2) is 0 Å². The summed E-state index contributed by atoms with van der Waals surface area (Å²) in [5, 5.41) is 3.41. The summed E-state index contributed by atoms with van der Waals surface area (Å²) in [6.45, 7) is 9.75. The molecule has 2 heterocycles. The van der Waals surface area contributed by atoms with Crippen LogP contribution in [-0.2, 0) is 9.53 Å². The number of ether oxygens (including phenoxy) is 1. The summed E-state index contributed by atoms with van der Waals surface area (Å²) >= 11 is 0. The van der Waals surface area contributed by atoms with Crippen LogP contribution in [0.4, 0.5) is 0 Å². The molecule has 2 fully saturated rings. The average Bonchev–Trinajstić information content (AvgIpc) is 2.55. The highest BCUT2D eigenvalue weighted by molar-refractivity contribution is 5.76. The highest BCUT2D eigenvalue weighted by Gasteiger charge is 2.24. The molecule has 0 spiro atoms. The lowest BCUT2D eigenvalue weighted by Gasteiger charge is -2.35. The topological polar surface area (TPSA) is 44.8 Å². The van der Waals surface area contributed by atoms with Crippen LogP contribution in [0.25, 0.3) is 0 Å². The van der Waals surface area contributed by atoms with E-state index in [-0.39, 0.29) is 0 Å². The van der Waals surface area contributed by atoms with Gasteiger partial charge in [-0.25, -0.2) is 0 Å². The van der Waals surface area contributed by atoms with E-state index < -0.39 is 0 Å². The summed E-state index contributed by atoms with van der Waals surface area (Å²) in [6, 6.07) is 0.486. The SMILES string of the molecule is CCC1CCCCN1C(=O)CCNCCN1CCOCC1. The second-order valence-electron chi connectivity index (χ2n) is 6.10. The van der Waals surface area contributed by atoms with Crippen molar-refractivity contribution in [1.82, 2.24) is 15.1 Å². The molecule has 21 heavy (non-hydrogen) atoms. The highest BCUT2D eigenvalue weighted by Crippen LogP contribution is 2.19. The van der Waals surface area contributed by atoms with E-state index in [0.29, 0.717) is 18.4 Å². The van der Waals surface area contributed by atoms with Gasteiger partial charge in [-0.3, -0.25) is 9.69 Å². The minimum Gasteiger partial charge on any atom is -0.379 e. The van der Waals surface area contributed by atoms with Crippen LogP contribution in [-0.4, -0.2) is 74.2 Å². The second kappa shape index (κ2) is 9.38. The molecule has 5 nitrogen and oxygen atoms in total. The lowest BCUT2D eigenvalue weighted by Crippen LogP contribution is -2.44. The van der Waals surface area contributed by atoms with Gasteiger partial charge in [-0.1, -0.05) is 6.92 Å². The molecule has 122 valence electrons. The number of likely N-dealkylation sites (tertiary alicyclic amines) is 1. The molecule has 2 aliphatic heterocycles. The van der Waals surface area contributed by atoms with Gasteiger partial charge in [0.25, 0.3) is 0 Å². The van der Waals surface area contributed by atoms with Gasteiger partial charge < -0.3 is 15.0 Å². The Bertz CT molecular complexity index is 306. The molecule has 0 aromatic rings. The maximum Gasteiger partial charge on any atom is 0.224 e. The first-order chi connectivity index (χ1) is 10.3. The second-order valence-corrected chi connectivity index (χ2v) is 6.10. The maximum atomic E-state index is 12.3. The van der Waals surface area contributed by atoms with Crippen LogP contribution >= 0.6 is 0 Å². The molecule has 0 bridgehead atoms. The first kappa shape index (κ1) is 16.7. The van der Waals surface area contributed by atoms with Crippen LogP contribution in [0.15, 0.2) is 0 Å². The van der Waals surface area contributed by atoms with Gasteiger partial charge in [-0.2, -0.15) is 0 Å². The van der Waals surface area contributed by atoms with E-state index in [1.165, 1.54) is 19.3 Å². The van der Waals surface area contributed by atoms with Crippen molar-refractivity contribution in [3.63, 3.8) is 0 Å². The van der Waals surface area contributed by atoms with Gasteiger partial charge in [0, 0.05) is 51.7 Å². The zero-order valence-corrected chi connectivity index (χ0v) is 13.5. The van der Waals surface area contributed by atoms with Crippen molar-refractivity contribution in [3.8, 4) is 0 Å². The first-order valence-electron chi connectivity index (χ1n) is 8.61. The number of morpholine rings is 1. The van der Waals surface area contributed by atoms with Crippen LogP contribution in [0.3, 0.4) is 0 Å². The summed E-state index contributed by atoms with van der Waals surface area (Å²) in [6.07, 6.45) is 5.37. The fourth-order valence-corrected chi connectivity index (χ4v) is 3.28. The number of rotatable bonds is 7. The summed E-state index contributed by atoms with van der Waals surface area (Å²) in [5.41, 5.74) is 0. The third kappa shape index (κ3) is 5.57. The summed E-state index contributed by atoms with van der Waals surface area (Å²) in [7, 11) is 0. The van der Waals surface area contributed by atoms with Gasteiger partial charge in [-0.05, 0) is 25.7 Å². The fourth-order valence-electron chi connectivity index (χ4n) is 3.28. The van der Waals surface area contributed by atoms with Crippen molar-refractivity contribution in [2.75, 3.05) is 52.5 Å². The third-order valence-corrected chi connectivity index (χ3v) is 4.64. The van der Waals surface area contributed by atoms with Crippen molar-refractivity contribution in [2.45, 2.75) is 45.1 Å². The quantitative estimate of drug-likeness (QED) is 0.715. The van der Waals surface area contributed by atoms with Crippen LogP contribution in [0.1, 0.15) is 39.0 Å². The number of hydrogen-bond donors (Lipinski definition) is 1. The molecule has 1 amide bonds. The zero-order valence-electron chi connectivity index (χ0n) is 13.5. The highest BCUT2D eigenvalue weighted by atomic mass is 16.5. The summed E-state index contributed by atoms with van der Waals surface area (Å²) in [5.74, 6) is 0.334. The van der Waals surface area contributed by atoms with Crippen molar-refractivity contribution >= 4 is 5.91 Å². The Morgan fingerprint density at radius 1 is 1.19 bits per heavy atom. The predicted octanol–water partition coefficient (Wildman–Crippen LogP) is 1.09. The normalized spacial score (nSPS) is 24.2. The summed E-state index contributed by atoms with van der Waals surface area (Å²) in [4.78, 5) is 16.8. The molecule has 0 aromatic heterocycles. The van der Waals surface area contributed by atoms with Crippen molar-refractivity contribution in [1.29, 1.82) is 0 Å². The van der Waals surface area contributed by atoms with Gasteiger partial charge in [0.1, 0.15) is 0 Å². The third-order valence-electron chi connectivity index (χ3n) is 4.64. The molecule has 0 saturated carbocycles. The Balaban J connectivity index is 1.56. The number of carbonyl (C=O) groups is 1. The van der Waals surface area contributed by atoms with Crippen molar-refractivity contribution in [3.05, 3.63) is 0 Å². The maximum absolute atomic E-state index is 12.3. The van der Waals surface area contributed by atoms with E-state index in [2.05, 4.69) is 22.0 Å². The number of carbonyl (C=O) groups excluding carboxylic acids is 1. The van der Waals surface area contributed by atoms with E-state index in [4.69, 9.17) is 4.74 Å². The van der Waals surface area contributed by atoms with Crippen molar-refractivity contribution in [2.24, 2.45) is 0 Å². The Morgan fingerprint density at radius 3 is 2.76 bits per heavy atom. The molecule has 5 heteroatoms. The number of piperidine rings is 1. The predicted molar refractivity (Wildman–Crippen MR) is 84.4 cm³/mol. The van der Waals surface area contributed by atoms with E-state index >= 15 is 0 Å². The number of amides is 1. The molecule has 1 N–H and O–H groups in total. The van der Waals surface area contributed by atoms with Crippen LogP contribution < -0.4 is 5.32 Å². The number of hydrogen-bond acceptors (Lipinski definition) is 4. The molecule has 1 atom stereocenters. The first-order valence-corrected chi connectivity index (χ1v) is 8.61. The van der Waals surface area contributed by atoms with Crippen molar-refractivity contribution < 1.29 is 9.53 Å². The smallest absolute Gasteiger partial charge is 0.224 e. The van der Waals surface area contributed by atoms with Crippen LogP contribution in [0.5, 0.6) is 0 Å². The Labute approximate surface area is 129 Å². The van der Waals surface area contributed by atoms with Gasteiger partial charge in [0.05, 0.1) is 13.2 Å². The van der Waals surface area contributed by atoms with Gasteiger partial charge in [-0.15, -0.1) is 0 Å². The molecular weight excluding hydrogens is 266 g/mol. The lowest BCUT2D eigenvalue weighted by atomic mass is 9.99. The molecule has 0 radical (unpaired) electrons. The van der Waals surface area contributed by atoms with E-state index in [0.717, 1.165) is 58.9 Å². The minimum absolute atomic E-state index is 0.334. The Hall–Kier alpha value is -0.650. The minimum atomic E-state index is 0.334. The zero-order chi connectivity index (χ0) is 14.9. The number of nitrogens with one attached hydrogen (secondary N) is 1. The molecule has 0 aromatic carbocycles. The van der Waals surface area contributed by atoms with E-state index in [9.17, 15) is 4.79 Å². The van der Waals surface area contributed by atoms with E-state index in [1.54, 1.807) is 0 Å². The van der Waals surface area contributed by atoms with Crippen LogP contribution in [0.2, 0.25) is 0 Å². The van der Waals surface area contributed by atoms with Gasteiger partial charge >= 0.3 is 0 Å². The van der Waals surface area contributed by atoms with Crippen LogP contribution in [0, 0.1) is 0 Å². The molecular formula is C16H31N3O2. The molecule has 2 aliphatic rings. The largest absolute Gasteiger partial charge is 0.379 e. The molecule has 1 unspecified atom stereocenters. The molecule has 2 rings (SSSR count). The molecule has 0 aliphatic carbocycles. The average molecular weight is 297 g/mol. The lowest BCUT2D eigenvalue weighted by molar-refractivity contribution is -0.134. The standard InChI is InChI=1S/C16H31N3O2/c1-2-15-5-3-4-9-19(15)16(20)6-7-17-8-10-18-11-13-21-14-12-18/h15,17H,2-14H2,1H3. The van der Waals surface area contributed by atoms with E-state index in [1.807, 2.05) is 0 Å². The Morgan fingerprint density at radius 2 is 2.00 bits per heavy atom. The number of nitrogens with zero attached hydrogens (tertiary/aromatic N) is 2. The fraction of sp³-hybridized carbons (Fsp3) is 0.938. The summed E-state index contributed by atoms with van der Waals surface area (Å²) < 4.78 is 5.33. The van der Waals surface area contributed by atoms with Gasteiger partial charge in [0.2, 0.25) is 5.91 Å². The Kier molecular flexibility index (Phi) is 7.47. The monoisotopic (exact) mass is 297 g/mol. The molecule has 2 saturated heterocycles.